The monoisotopic (exact) mass is 421 g/mol. The van der Waals surface area contributed by atoms with Crippen LogP contribution in [-0.4, -0.2) is 68.0 Å². The lowest BCUT2D eigenvalue weighted by Crippen LogP contribution is -2.46. The second-order valence-corrected chi connectivity index (χ2v) is 8.25. The molecule has 0 spiro atoms. The summed E-state index contributed by atoms with van der Waals surface area (Å²) in [6.45, 7) is 5.85. The van der Waals surface area contributed by atoms with Crippen LogP contribution in [-0.2, 0) is 0 Å². The van der Waals surface area contributed by atoms with Gasteiger partial charge in [0.25, 0.3) is 11.8 Å². The number of imide groups is 1. The molecule has 0 bridgehead atoms. The predicted octanol–water partition coefficient (Wildman–Crippen LogP) is 3.67. The van der Waals surface area contributed by atoms with Crippen LogP contribution in [0, 0.1) is 0 Å². The number of fused-ring (bicyclic) bond motifs is 1. The van der Waals surface area contributed by atoms with Crippen LogP contribution in [0.1, 0.15) is 46.4 Å². The van der Waals surface area contributed by atoms with E-state index in [0.717, 1.165) is 64.2 Å². The summed E-state index contributed by atoms with van der Waals surface area (Å²) in [5.41, 5.74) is 2.31. The number of benzene rings is 2. The average Bonchev–Trinajstić information content (AvgIpc) is 3.06. The molecule has 0 radical (unpaired) electrons. The Morgan fingerprint density at radius 1 is 0.774 bits per heavy atom. The van der Waals surface area contributed by atoms with E-state index in [1.54, 1.807) is 19.2 Å². The molecular weight excluding hydrogens is 390 g/mol. The van der Waals surface area contributed by atoms with Crippen molar-refractivity contribution < 1.29 is 14.3 Å². The van der Waals surface area contributed by atoms with E-state index in [1.165, 1.54) is 10.6 Å². The smallest absolute Gasteiger partial charge is 0.261 e. The van der Waals surface area contributed by atoms with Crippen molar-refractivity contribution in [3.05, 3.63) is 59.7 Å². The van der Waals surface area contributed by atoms with E-state index in [9.17, 15) is 9.59 Å². The summed E-state index contributed by atoms with van der Waals surface area (Å²) in [4.78, 5) is 31.1. The number of amides is 2. The minimum absolute atomic E-state index is 0.144. The van der Waals surface area contributed by atoms with Crippen molar-refractivity contribution in [3.63, 3.8) is 0 Å². The highest BCUT2D eigenvalue weighted by Gasteiger charge is 2.34. The van der Waals surface area contributed by atoms with Crippen molar-refractivity contribution >= 4 is 17.5 Å². The SMILES string of the molecule is COc1cccc(N2CCN(CCCCCCN3C(=O)c4ccccc4C3=O)CC2)c1. The quantitative estimate of drug-likeness (QED) is 0.457. The van der Waals surface area contributed by atoms with Gasteiger partial charge < -0.3 is 9.64 Å². The van der Waals surface area contributed by atoms with E-state index in [1.807, 2.05) is 24.3 Å². The molecule has 6 nitrogen and oxygen atoms in total. The van der Waals surface area contributed by atoms with Gasteiger partial charge in [-0.1, -0.05) is 31.0 Å². The third-order valence-corrected chi connectivity index (χ3v) is 6.28. The molecule has 2 aliphatic rings. The van der Waals surface area contributed by atoms with E-state index in [4.69, 9.17) is 4.74 Å². The largest absolute Gasteiger partial charge is 0.497 e. The number of methoxy groups -OCH3 is 1. The van der Waals surface area contributed by atoms with Gasteiger partial charge in [-0.3, -0.25) is 19.4 Å². The first kappa shape index (κ1) is 21.4. The number of carbonyl (C=O) groups excluding carboxylic acids is 2. The number of rotatable bonds is 9. The van der Waals surface area contributed by atoms with Crippen molar-refractivity contribution in [2.45, 2.75) is 25.7 Å². The first-order chi connectivity index (χ1) is 15.2. The molecule has 164 valence electrons. The van der Waals surface area contributed by atoms with Crippen molar-refractivity contribution in [1.82, 2.24) is 9.80 Å². The van der Waals surface area contributed by atoms with Crippen LogP contribution in [0.25, 0.3) is 0 Å². The zero-order chi connectivity index (χ0) is 21.6. The lowest BCUT2D eigenvalue weighted by molar-refractivity contribution is 0.0651. The second-order valence-electron chi connectivity index (χ2n) is 8.25. The number of carbonyl (C=O) groups is 2. The molecule has 0 saturated carbocycles. The number of hydrogen-bond donors (Lipinski definition) is 0. The number of anilines is 1. The maximum absolute atomic E-state index is 12.4. The zero-order valence-electron chi connectivity index (χ0n) is 18.3. The number of unbranched alkanes of at least 4 members (excludes halogenated alkanes) is 3. The molecule has 31 heavy (non-hydrogen) atoms. The number of hydrogen-bond acceptors (Lipinski definition) is 5. The van der Waals surface area contributed by atoms with Crippen LogP contribution in [0.15, 0.2) is 48.5 Å². The minimum Gasteiger partial charge on any atom is -0.497 e. The molecule has 0 unspecified atom stereocenters. The molecule has 1 saturated heterocycles. The van der Waals surface area contributed by atoms with Crippen molar-refractivity contribution in [2.75, 3.05) is 51.3 Å². The Morgan fingerprint density at radius 2 is 1.42 bits per heavy atom. The highest BCUT2D eigenvalue weighted by molar-refractivity contribution is 6.21. The zero-order valence-corrected chi connectivity index (χ0v) is 18.3. The van der Waals surface area contributed by atoms with Crippen molar-refractivity contribution in [3.8, 4) is 5.75 Å². The highest BCUT2D eigenvalue weighted by Crippen LogP contribution is 2.24. The van der Waals surface area contributed by atoms with Gasteiger partial charge >= 0.3 is 0 Å². The maximum atomic E-state index is 12.4. The van der Waals surface area contributed by atoms with E-state index < -0.39 is 0 Å². The number of ether oxygens (including phenoxy) is 1. The van der Waals surface area contributed by atoms with E-state index in [-0.39, 0.29) is 11.8 Å². The minimum atomic E-state index is -0.144. The Bertz CT molecular complexity index is 887. The lowest BCUT2D eigenvalue weighted by Gasteiger charge is -2.36. The van der Waals surface area contributed by atoms with Crippen LogP contribution in [0.2, 0.25) is 0 Å². The molecule has 2 amide bonds. The number of nitrogens with zero attached hydrogens (tertiary/aromatic N) is 3. The van der Waals surface area contributed by atoms with Gasteiger partial charge in [0.15, 0.2) is 0 Å². The second kappa shape index (κ2) is 9.96. The fourth-order valence-corrected chi connectivity index (χ4v) is 4.44. The fraction of sp³-hybridized carbons (Fsp3) is 0.440. The summed E-state index contributed by atoms with van der Waals surface area (Å²) in [6.07, 6.45) is 4.19. The van der Waals surface area contributed by atoms with Crippen molar-refractivity contribution in [1.29, 1.82) is 0 Å². The first-order valence-electron chi connectivity index (χ1n) is 11.2. The van der Waals surface area contributed by atoms with Gasteiger partial charge in [-0.25, -0.2) is 0 Å². The van der Waals surface area contributed by atoms with Crippen LogP contribution < -0.4 is 9.64 Å². The maximum Gasteiger partial charge on any atom is 0.261 e. The van der Waals surface area contributed by atoms with Gasteiger partial charge in [0.05, 0.1) is 18.2 Å². The van der Waals surface area contributed by atoms with E-state index >= 15 is 0 Å². The molecule has 0 atom stereocenters. The molecular formula is C25H31N3O3. The Hall–Kier alpha value is -2.86. The van der Waals surface area contributed by atoms with Gasteiger partial charge in [0.1, 0.15) is 5.75 Å². The molecule has 2 heterocycles. The first-order valence-corrected chi connectivity index (χ1v) is 11.2. The molecule has 2 aliphatic heterocycles. The van der Waals surface area contributed by atoms with Crippen LogP contribution in [0.3, 0.4) is 0 Å². The Kier molecular flexibility index (Phi) is 6.87. The van der Waals surface area contributed by atoms with Gasteiger partial charge in [-0.15, -0.1) is 0 Å². The average molecular weight is 422 g/mol. The highest BCUT2D eigenvalue weighted by atomic mass is 16.5. The van der Waals surface area contributed by atoms with Gasteiger partial charge in [-0.05, 0) is 43.7 Å². The summed E-state index contributed by atoms with van der Waals surface area (Å²) in [5.74, 6) is 0.616. The molecule has 0 aliphatic carbocycles. The molecule has 4 rings (SSSR count). The molecule has 2 aromatic rings. The van der Waals surface area contributed by atoms with Crippen LogP contribution in [0.4, 0.5) is 5.69 Å². The Morgan fingerprint density at radius 3 is 2.06 bits per heavy atom. The molecule has 1 fully saturated rings. The van der Waals surface area contributed by atoms with Crippen molar-refractivity contribution in [2.24, 2.45) is 0 Å². The Labute approximate surface area is 184 Å². The summed E-state index contributed by atoms with van der Waals surface area (Å²) in [6, 6.07) is 15.4. The van der Waals surface area contributed by atoms with Gasteiger partial charge in [-0.2, -0.15) is 0 Å². The number of piperazine rings is 1. The Balaban J connectivity index is 1.11. The predicted molar refractivity (Wildman–Crippen MR) is 122 cm³/mol. The fourth-order valence-electron chi connectivity index (χ4n) is 4.44. The van der Waals surface area contributed by atoms with E-state index in [2.05, 4.69) is 21.9 Å². The topological polar surface area (TPSA) is 53.1 Å². The van der Waals surface area contributed by atoms with Gasteiger partial charge in [0.2, 0.25) is 0 Å². The molecule has 2 aromatic carbocycles. The normalized spacial score (nSPS) is 16.7. The summed E-state index contributed by atoms with van der Waals surface area (Å²) in [5, 5.41) is 0. The third kappa shape index (κ3) is 4.90. The standard InChI is InChI=1S/C25H31N3O3/c1-31-21-10-8-9-20(19-21)27-17-15-26(16-18-27)13-6-2-3-7-14-28-24(29)22-11-4-5-12-23(22)25(28)30/h4-5,8-12,19H,2-3,6-7,13-18H2,1H3. The van der Waals surface area contributed by atoms with Crippen LogP contribution >= 0.6 is 0 Å². The summed E-state index contributed by atoms with van der Waals surface area (Å²) in [7, 11) is 1.71. The van der Waals surface area contributed by atoms with E-state index in [0.29, 0.717) is 17.7 Å². The van der Waals surface area contributed by atoms with Crippen LogP contribution in [0.5, 0.6) is 5.75 Å². The third-order valence-electron chi connectivity index (χ3n) is 6.28. The lowest BCUT2D eigenvalue weighted by atomic mass is 10.1. The summed E-state index contributed by atoms with van der Waals surface area (Å²) >= 11 is 0. The van der Waals surface area contributed by atoms with Gasteiger partial charge in [0, 0.05) is 44.5 Å². The molecule has 0 N–H and O–H groups in total. The molecule has 6 heteroatoms. The molecule has 0 aromatic heterocycles. The summed E-state index contributed by atoms with van der Waals surface area (Å²) < 4.78 is 5.34.